The van der Waals surface area contributed by atoms with E-state index in [-0.39, 0.29) is 12.1 Å². The summed E-state index contributed by atoms with van der Waals surface area (Å²) < 4.78 is 16.7. The molecule has 1 heterocycles. The lowest BCUT2D eigenvalue weighted by atomic mass is 10.2. The summed E-state index contributed by atoms with van der Waals surface area (Å²) in [5, 5.41) is 3.27. The molecular formula is C14H28N2O4. The largest absolute Gasteiger partial charge is 0.444 e. The van der Waals surface area contributed by atoms with Crippen LogP contribution in [0.2, 0.25) is 0 Å². The Morgan fingerprint density at radius 2 is 1.90 bits per heavy atom. The van der Waals surface area contributed by atoms with Crippen molar-refractivity contribution in [3.8, 4) is 0 Å². The van der Waals surface area contributed by atoms with Gasteiger partial charge in [-0.05, 0) is 34.6 Å². The summed E-state index contributed by atoms with van der Waals surface area (Å²) in [5.74, 6) is 0. The second-order valence-electron chi connectivity index (χ2n) is 5.72. The Morgan fingerprint density at radius 3 is 2.40 bits per heavy atom. The number of amides is 1. The van der Waals surface area contributed by atoms with Gasteiger partial charge in [0.2, 0.25) is 0 Å². The van der Waals surface area contributed by atoms with Crippen molar-refractivity contribution in [2.24, 2.45) is 0 Å². The second-order valence-corrected chi connectivity index (χ2v) is 5.72. The smallest absolute Gasteiger partial charge is 0.410 e. The van der Waals surface area contributed by atoms with E-state index in [0.717, 1.165) is 6.54 Å². The van der Waals surface area contributed by atoms with Gasteiger partial charge in [-0.1, -0.05) is 0 Å². The summed E-state index contributed by atoms with van der Waals surface area (Å²) >= 11 is 0. The molecule has 6 heteroatoms. The zero-order chi connectivity index (χ0) is 15.2. The Kier molecular flexibility index (Phi) is 6.71. The standard InChI is InChI=1S/C14H28N2O4/c1-6-18-12(19-7-2)11-10-15-8-9-16(11)13(17)20-14(3,4)5/h11-12,15H,6-10H2,1-5H3. The number of nitrogens with one attached hydrogen (secondary N) is 1. The highest BCUT2D eigenvalue weighted by atomic mass is 16.7. The van der Waals surface area contributed by atoms with Gasteiger partial charge in [-0.25, -0.2) is 4.79 Å². The lowest BCUT2D eigenvalue weighted by Crippen LogP contribution is -2.60. The van der Waals surface area contributed by atoms with Crippen molar-refractivity contribution in [2.45, 2.75) is 52.6 Å². The highest BCUT2D eigenvalue weighted by Crippen LogP contribution is 2.17. The monoisotopic (exact) mass is 288 g/mol. The molecule has 0 saturated carbocycles. The van der Waals surface area contributed by atoms with Crippen molar-refractivity contribution in [2.75, 3.05) is 32.8 Å². The molecule has 20 heavy (non-hydrogen) atoms. The topological polar surface area (TPSA) is 60.0 Å². The van der Waals surface area contributed by atoms with Crippen molar-refractivity contribution < 1.29 is 19.0 Å². The minimum absolute atomic E-state index is 0.168. The maximum absolute atomic E-state index is 12.3. The maximum atomic E-state index is 12.3. The van der Waals surface area contributed by atoms with E-state index in [1.54, 1.807) is 4.90 Å². The Morgan fingerprint density at radius 1 is 1.30 bits per heavy atom. The van der Waals surface area contributed by atoms with Gasteiger partial charge in [-0.2, -0.15) is 0 Å². The van der Waals surface area contributed by atoms with E-state index in [1.807, 2.05) is 34.6 Å². The summed E-state index contributed by atoms with van der Waals surface area (Å²) in [4.78, 5) is 14.0. The lowest BCUT2D eigenvalue weighted by Gasteiger charge is -2.40. The maximum Gasteiger partial charge on any atom is 0.410 e. The highest BCUT2D eigenvalue weighted by Gasteiger charge is 2.36. The van der Waals surface area contributed by atoms with Crippen LogP contribution in [0.15, 0.2) is 0 Å². The van der Waals surface area contributed by atoms with Gasteiger partial charge in [-0.15, -0.1) is 0 Å². The summed E-state index contributed by atoms with van der Waals surface area (Å²) in [6.45, 7) is 12.5. The van der Waals surface area contributed by atoms with E-state index in [9.17, 15) is 4.79 Å². The number of rotatable bonds is 5. The first-order valence-corrected chi connectivity index (χ1v) is 7.32. The predicted octanol–water partition coefficient (Wildman–Crippen LogP) is 1.59. The molecule has 0 radical (unpaired) electrons. The lowest BCUT2D eigenvalue weighted by molar-refractivity contribution is -0.174. The van der Waals surface area contributed by atoms with Crippen LogP contribution in [0.3, 0.4) is 0 Å². The van der Waals surface area contributed by atoms with Crippen molar-refractivity contribution in [1.29, 1.82) is 0 Å². The summed E-state index contributed by atoms with van der Waals surface area (Å²) in [7, 11) is 0. The molecule has 1 N–H and O–H groups in total. The van der Waals surface area contributed by atoms with E-state index in [1.165, 1.54) is 0 Å². The van der Waals surface area contributed by atoms with Crippen LogP contribution in [0.1, 0.15) is 34.6 Å². The predicted molar refractivity (Wildman–Crippen MR) is 76.6 cm³/mol. The van der Waals surface area contributed by atoms with Gasteiger partial charge in [0.1, 0.15) is 5.60 Å². The molecule has 0 aromatic heterocycles. The van der Waals surface area contributed by atoms with E-state index in [2.05, 4.69) is 5.32 Å². The Bertz CT molecular complexity index is 298. The van der Waals surface area contributed by atoms with Crippen molar-refractivity contribution in [1.82, 2.24) is 10.2 Å². The number of nitrogens with zero attached hydrogens (tertiary/aromatic N) is 1. The summed E-state index contributed by atoms with van der Waals surface area (Å²) in [5.41, 5.74) is -0.501. The van der Waals surface area contributed by atoms with Crippen LogP contribution in [0.4, 0.5) is 4.79 Å². The first-order valence-electron chi connectivity index (χ1n) is 7.32. The molecule has 1 saturated heterocycles. The third-order valence-electron chi connectivity index (χ3n) is 2.89. The van der Waals surface area contributed by atoms with Crippen molar-refractivity contribution in [3.63, 3.8) is 0 Å². The molecule has 1 fully saturated rings. The molecule has 0 spiro atoms. The molecule has 1 aliphatic rings. The van der Waals surface area contributed by atoms with Crippen LogP contribution in [-0.4, -0.2) is 61.8 Å². The molecule has 1 rings (SSSR count). The van der Waals surface area contributed by atoms with Crippen molar-refractivity contribution in [3.05, 3.63) is 0 Å². The van der Waals surface area contributed by atoms with Crippen LogP contribution in [0, 0.1) is 0 Å². The van der Waals surface area contributed by atoms with E-state index < -0.39 is 11.9 Å². The fourth-order valence-electron chi connectivity index (χ4n) is 2.11. The molecule has 1 atom stereocenters. The Balaban J connectivity index is 2.76. The summed E-state index contributed by atoms with van der Waals surface area (Å²) in [6.07, 6.45) is -0.737. The number of ether oxygens (including phenoxy) is 3. The van der Waals surface area contributed by atoms with Crippen LogP contribution in [0.5, 0.6) is 0 Å². The molecule has 1 aliphatic heterocycles. The second kappa shape index (κ2) is 7.81. The number of piperazine rings is 1. The van der Waals surface area contributed by atoms with Crippen LogP contribution in [-0.2, 0) is 14.2 Å². The fourth-order valence-corrected chi connectivity index (χ4v) is 2.11. The molecule has 0 aliphatic carbocycles. The Hall–Kier alpha value is -0.850. The van der Waals surface area contributed by atoms with Gasteiger partial charge < -0.3 is 19.5 Å². The Labute approximate surface area is 121 Å². The van der Waals surface area contributed by atoms with Gasteiger partial charge in [0.05, 0.1) is 6.04 Å². The average molecular weight is 288 g/mol. The molecule has 1 unspecified atom stereocenters. The molecule has 1 amide bonds. The molecule has 6 nitrogen and oxygen atoms in total. The minimum atomic E-state index is -0.501. The van der Waals surface area contributed by atoms with Crippen LogP contribution >= 0.6 is 0 Å². The zero-order valence-electron chi connectivity index (χ0n) is 13.3. The SMILES string of the molecule is CCOC(OCC)C1CNCCN1C(=O)OC(C)(C)C. The van der Waals surface area contributed by atoms with Crippen LogP contribution in [0.25, 0.3) is 0 Å². The van der Waals surface area contributed by atoms with Crippen LogP contribution < -0.4 is 5.32 Å². The van der Waals surface area contributed by atoms with E-state index >= 15 is 0 Å². The number of carbonyl (C=O) groups is 1. The minimum Gasteiger partial charge on any atom is -0.444 e. The summed E-state index contributed by atoms with van der Waals surface area (Å²) in [6, 6.07) is -0.168. The molecule has 0 aromatic rings. The zero-order valence-corrected chi connectivity index (χ0v) is 13.3. The van der Waals surface area contributed by atoms with Gasteiger partial charge in [0.15, 0.2) is 6.29 Å². The van der Waals surface area contributed by atoms with Crippen molar-refractivity contribution >= 4 is 6.09 Å². The third-order valence-corrected chi connectivity index (χ3v) is 2.89. The first kappa shape index (κ1) is 17.2. The van der Waals surface area contributed by atoms with Gasteiger partial charge in [0.25, 0.3) is 0 Å². The highest BCUT2D eigenvalue weighted by molar-refractivity contribution is 5.68. The molecule has 118 valence electrons. The molecule has 0 aromatic carbocycles. The normalized spacial score (nSPS) is 20.3. The number of hydrogen-bond acceptors (Lipinski definition) is 5. The third kappa shape index (κ3) is 5.26. The number of carbonyl (C=O) groups excluding carboxylic acids is 1. The molecule has 0 bridgehead atoms. The average Bonchev–Trinajstić information content (AvgIpc) is 2.36. The number of hydrogen-bond donors (Lipinski definition) is 1. The van der Waals surface area contributed by atoms with E-state index in [4.69, 9.17) is 14.2 Å². The van der Waals surface area contributed by atoms with Gasteiger partial charge >= 0.3 is 6.09 Å². The van der Waals surface area contributed by atoms with E-state index in [0.29, 0.717) is 26.3 Å². The first-order chi connectivity index (χ1) is 9.39. The fraction of sp³-hybridized carbons (Fsp3) is 0.929. The van der Waals surface area contributed by atoms with Gasteiger partial charge in [0, 0.05) is 32.8 Å². The molecular weight excluding hydrogens is 260 g/mol. The van der Waals surface area contributed by atoms with Gasteiger partial charge in [-0.3, -0.25) is 4.90 Å². The quantitative estimate of drug-likeness (QED) is 0.779.